The van der Waals surface area contributed by atoms with Crippen LogP contribution in [0.15, 0.2) is 0 Å². The van der Waals surface area contributed by atoms with E-state index in [-0.39, 0.29) is 0 Å². The highest BCUT2D eigenvalue weighted by Gasteiger charge is 2.40. The number of halogens is 4. The minimum Gasteiger partial charge on any atom is -0.146 e. The predicted molar refractivity (Wildman–Crippen MR) is 101 cm³/mol. The third-order valence-corrected chi connectivity index (χ3v) is 24.6. The molecule has 0 saturated heterocycles. The van der Waals surface area contributed by atoms with Crippen molar-refractivity contribution in [2.45, 2.75) is 62.7 Å². The van der Waals surface area contributed by atoms with Crippen molar-refractivity contribution in [2.75, 3.05) is 0 Å². The van der Waals surface area contributed by atoms with Crippen molar-refractivity contribution in [1.82, 2.24) is 0 Å². The van der Waals surface area contributed by atoms with Crippen molar-refractivity contribution >= 4 is 73.9 Å². The Kier molecular flexibility index (Phi) is 7.63. The van der Waals surface area contributed by atoms with Crippen molar-refractivity contribution in [2.24, 2.45) is 0 Å². The van der Waals surface area contributed by atoms with Gasteiger partial charge in [0.25, 0.3) is 0 Å². The third kappa shape index (κ3) is 11.8. The molecule has 0 aromatic carbocycles. The van der Waals surface area contributed by atoms with Gasteiger partial charge in [-0.25, -0.2) is 0 Å². The molecule has 0 bridgehead atoms. The topological polar surface area (TPSA) is 0 Å². The molecule has 0 aromatic heterocycles. The zero-order valence-electron chi connectivity index (χ0n) is 12.3. The SMILES string of the molecule is C[Si](C)(C)C[Si](Cl)(Cl)CC[Si](Cl)(Cl)C[Si](C)(C)C. The van der Waals surface area contributed by atoms with E-state index >= 15 is 0 Å². The van der Waals surface area contributed by atoms with Crippen LogP contribution in [0.2, 0.25) is 62.7 Å². The highest BCUT2D eigenvalue weighted by Crippen LogP contribution is 2.38. The van der Waals surface area contributed by atoms with Crippen molar-refractivity contribution in [3.05, 3.63) is 0 Å². The van der Waals surface area contributed by atoms with Gasteiger partial charge in [0, 0.05) is 16.1 Å². The molecule has 0 aromatic rings. The van der Waals surface area contributed by atoms with Gasteiger partial charge in [0.05, 0.1) is 0 Å². The summed E-state index contributed by atoms with van der Waals surface area (Å²) in [6.07, 6.45) is 0. The molecule has 0 heterocycles. The molecule has 0 atom stereocenters. The smallest absolute Gasteiger partial charge is 0.146 e. The van der Waals surface area contributed by atoms with E-state index in [4.69, 9.17) is 44.3 Å². The molecule has 0 saturated carbocycles. The molecule has 0 aliphatic carbocycles. The molecule has 18 heavy (non-hydrogen) atoms. The second-order valence-electron chi connectivity index (χ2n) is 7.69. The van der Waals surface area contributed by atoms with Gasteiger partial charge in [0.2, 0.25) is 13.4 Å². The van der Waals surface area contributed by atoms with Gasteiger partial charge in [-0.05, 0) is 23.4 Å². The minimum atomic E-state index is -2.14. The second-order valence-corrected chi connectivity index (χ2v) is 35.0. The Morgan fingerprint density at radius 2 is 0.778 bits per heavy atom. The summed E-state index contributed by atoms with van der Waals surface area (Å²) in [5, 5.41) is 0. The molecule has 110 valence electrons. The Labute approximate surface area is 136 Å². The maximum atomic E-state index is 6.55. The van der Waals surface area contributed by atoms with Crippen molar-refractivity contribution in [3.63, 3.8) is 0 Å². The molecular weight excluding hydrogens is 374 g/mol. The van der Waals surface area contributed by atoms with Crippen LogP contribution in [0.1, 0.15) is 0 Å². The van der Waals surface area contributed by atoms with E-state index in [1.165, 1.54) is 0 Å². The molecule has 0 aliphatic rings. The quantitative estimate of drug-likeness (QED) is 0.334. The van der Waals surface area contributed by atoms with E-state index in [0.29, 0.717) is 0 Å². The zero-order chi connectivity index (χ0) is 14.8. The van der Waals surface area contributed by atoms with Gasteiger partial charge in [0.1, 0.15) is 0 Å². The summed E-state index contributed by atoms with van der Waals surface area (Å²) in [7, 11) is -2.40. The van der Waals surface area contributed by atoms with Gasteiger partial charge >= 0.3 is 0 Å². The monoisotopic (exact) mass is 398 g/mol. The summed E-state index contributed by atoms with van der Waals surface area (Å²) in [6, 6.07) is 1.73. The molecule has 0 radical (unpaired) electrons. The molecule has 0 N–H and O–H groups in total. The maximum absolute atomic E-state index is 6.55. The molecule has 0 amide bonds. The number of rotatable bonds is 7. The highest BCUT2D eigenvalue weighted by atomic mass is 35.7. The second kappa shape index (κ2) is 6.86. The maximum Gasteiger partial charge on any atom is 0.248 e. The van der Waals surface area contributed by atoms with Gasteiger partial charge in [0.15, 0.2) is 0 Å². The zero-order valence-corrected chi connectivity index (χ0v) is 19.4. The van der Waals surface area contributed by atoms with Crippen LogP contribution in [0.4, 0.5) is 0 Å². The lowest BCUT2D eigenvalue weighted by Crippen LogP contribution is -2.38. The van der Waals surface area contributed by atoms with Gasteiger partial charge in [-0.2, -0.15) is 0 Å². The summed E-state index contributed by atoms with van der Waals surface area (Å²) in [4.78, 5) is 0. The molecule has 0 nitrogen and oxygen atoms in total. The average Bonchev–Trinajstić information content (AvgIpc) is 1.91. The number of hydrogen-bond acceptors (Lipinski definition) is 0. The normalized spacial score (nSPS) is 15.0. The largest absolute Gasteiger partial charge is 0.248 e. The van der Waals surface area contributed by atoms with Crippen LogP contribution in [-0.4, -0.2) is 29.5 Å². The Bertz CT molecular complexity index is 240. The summed E-state index contributed by atoms with van der Waals surface area (Å²) in [6.45, 7) is 9.61. The predicted octanol–water partition coefficient (Wildman–Crippen LogP) is 6.58. The minimum absolute atomic E-state index is 0.865. The lowest BCUT2D eigenvalue weighted by Gasteiger charge is -2.29. The summed E-state index contributed by atoms with van der Waals surface area (Å²) in [5.74, 6) is 0. The molecular formula is C10H26Cl4Si4. The Hall–Kier alpha value is 2.03. The number of hydrogen-bond donors (Lipinski definition) is 0. The van der Waals surface area contributed by atoms with E-state index in [0.717, 1.165) is 23.4 Å². The summed E-state index contributed by atoms with van der Waals surface area (Å²) < 4.78 is 0. The van der Waals surface area contributed by atoms with Gasteiger partial charge in [-0.3, -0.25) is 0 Å². The fourth-order valence-corrected chi connectivity index (χ4v) is 36.7. The van der Waals surface area contributed by atoms with E-state index in [1.54, 1.807) is 0 Å². The van der Waals surface area contributed by atoms with Crippen molar-refractivity contribution in [1.29, 1.82) is 0 Å². The first kappa shape index (κ1) is 20.0. The van der Waals surface area contributed by atoms with E-state index in [2.05, 4.69) is 39.3 Å². The Morgan fingerprint density at radius 1 is 0.556 bits per heavy atom. The third-order valence-electron chi connectivity index (χ3n) is 2.43. The standard InChI is InChI=1S/C10H26Cl4Si4/c1-15(2,3)9-17(11,12)7-8-18(13,14)10-16(4,5)6/h7-10H2,1-6H3. The van der Waals surface area contributed by atoms with Crippen molar-refractivity contribution < 1.29 is 0 Å². The molecule has 0 aliphatic heterocycles. The van der Waals surface area contributed by atoms with Crippen LogP contribution >= 0.6 is 44.3 Å². The fourth-order valence-electron chi connectivity index (χ4n) is 2.09. The molecule has 0 rings (SSSR count). The van der Waals surface area contributed by atoms with E-state index in [9.17, 15) is 0 Å². The van der Waals surface area contributed by atoms with Crippen LogP contribution < -0.4 is 0 Å². The van der Waals surface area contributed by atoms with Crippen LogP contribution in [0.25, 0.3) is 0 Å². The highest BCUT2D eigenvalue weighted by molar-refractivity contribution is 7.50. The van der Waals surface area contributed by atoms with E-state index < -0.39 is 29.5 Å². The van der Waals surface area contributed by atoms with Crippen LogP contribution in [0.5, 0.6) is 0 Å². The first-order chi connectivity index (χ1) is 7.62. The lowest BCUT2D eigenvalue weighted by atomic mass is 10.9. The van der Waals surface area contributed by atoms with E-state index in [1.807, 2.05) is 0 Å². The molecule has 0 fully saturated rings. The van der Waals surface area contributed by atoms with Gasteiger partial charge in [-0.15, -0.1) is 44.3 Å². The summed E-state index contributed by atoms with van der Waals surface area (Å²) >= 11 is 26.2. The van der Waals surface area contributed by atoms with Crippen LogP contribution in [0, 0.1) is 0 Å². The Balaban J connectivity index is 4.38. The van der Waals surface area contributed by atoms with Crippen molar-refractivity contribution in [3.8, 4) is 0 Å². The van der Waals surface area contributed by atoms with Crippen LogP contribution in [0.3, 0.4) is 0 Å². The first-order valence-corrected chi connectivity index (χ1v) is 22.7. The van der Waals surface area contributed by atoms with Crippen LogP contribution in [-0.2, 0) is 0 Å². The molecule has 0 unspecified atom stereocenters. The van der Waals surface area contributed by atoms with Gasteiger partial charge < -0.3 is 0 Å². The first-order valence-electron chi connectivity index (χ1n) is 6.38. The summed E-state index contributed by atoms with van der Waals surface area (Å²) in [5.41, 5.74) is 2.07. The fraction of sp³-hybridized carbons (Fsp3) is 1.00. The van der Waals surface area contributed by atoms with Gasteiger partial charge in [-0.1, -0.05) is 39.3 Å². The average molecular weight is 400 g/mol. The lowest BCUT2D eigenvalue weighted by molar-refractivity contribution is 1.34. The Morgan fingerprint density at radius 3 is 0.944 bits per heavy atom. The molecule has 8 heteroatoms. The molecule has 0 spiro atoms.